The molecule has 0 fully saturated rings. The van der Waals surface area contributed by atoms with Crippen LogP contribution in [0, 0.1) is 13.2 Å². The Morgan fingerprint density at radius 1 is 1.53 bits per heavy atom. The topological polar surface area (TPSA) is 65.1 Å². The van der Waals surface area contributed by atoms with Crippen LogP contribution in [0.2, 0.25) is 0 Å². The van der Waals surface area contributed by atoms with Crippen molar-refractivity contribution in [3.8, 4) is 5.75 Å². The second-order valence-corrected chi connectivity index (χ2v) is 2.51. The number of benzene rings is 1. The van der Waals surface area contributed by atoms with Crippen LogP contribution in [0.1, 0.15) is 0 Å². The van der Waals surface area contributed by atoms with Crippen LogP contribution >= 0.6 is 0 Å². The van der Waals surface area contributed by atoms with E-state index < -0.39 is 0 Å². The molecule has 0 saturated carbocycles. The molecule has 0 unspecified atom stereocenters. The number of H-pyrrole nitrogens is 1. The Kier molecular flexibility index (Phi) is 7.00. The van der Waals surface area contributed by atoms with E-state index in [2.05, 4.69) is 18.2 Å². The molecule has 0 saturated heterocycles. The van der Waals surface area contributed by atoms with E-state index in [1.165, 1.54) is 0 Å². The molecule has 0 bridgehead atoms. The van der Waals surface area contributed by atoms with E-state index in [0.717, 1.165) is 10.9 Å². The smallest absolute Gasteiger partial charge is 0.177 e. The number of aromatic hydroxyl groups is 1. The van der Waals surface area contributed by atoms with E-state index in [-0.39, 0.29) is 32.7 Å². The van der Waals surface area contributed by atoms with Gasteiger partial charge in [0.2, 0.25) is 0 Å². The number of rotatable bonds is 1. The van der Waals surface area contributed by atoms with Crippen LogP contribution in [0.4, 0.5) is 0 Å². The predicted octanol–water partition coefficient (Wildman–Crippen LogP) is 1.20. The summed E-state index contributed by atoms with van der Waals surface area (Å²) in [5, 5.41) is 12.0. The summed E-state index contributed by atoms with van der Waals surface area (Å²) in [6.07, 6.45) is 3.34. The molecule has 77 valence electrons. The van der Waals surface area contributed by atoms with E-state index >= 15 is 0 Å². The molecule has 0 aliphatic rings. The Labute approximate surface area is 113 Å². The third kappa shape index (κ3) is 4.45. The summed E-state index contributed by atoms with van der Waals surface area (Å²) in [7, 11) is 2.99. The molecule has 3 N–H and O–H groups in total. The quantitative estimate of drug-likeness (QED) is 0.542. The average Bonchev–Trinajstić information content (AvgIpc) is 2.65. The van der Waals surface area contributed by atoms with Gasteiger partial charge in [-0.1, -0.05) is 6.07 Å². The molecule has 1 aromatic heterocycles. The van der Waals surface area contributed by atoms with Gasteiger partial charge >= 0.3 is 0 Å². The van der Waals surface area contributed by atoms with E-state index in [0.29, 0.717) is 12.2 Å². The van der Waals surface area contributed by atoms with Crippen LogP contribution in [0.15, 0.2) is 24.3 Å². The number of hydrogen-bond donors (Lipinski definition) is 3. The van der Waals surface area contributed by atoms with E-state index in [1.54, 1.807) is 18.2 Å². The van der Waals surface area contributed by atoms with Crippen LogP contribution in [0.5, 0.6) is 5.75 Å². The number of amides is 1. The largest absolute Gasteiger partial charge is 0.511 e. The molecule has 0 spiro atoms. The average molecular weight is 279 g/mol. The number of nitrogens with one attached hydrogen (secondary N) is 2. The van der Waals surface area contributed by atoms with Crippen molar-refractivity contribution < 1.29 is 42.6 Å². The fourth-order valence-corrected chi connectivity index (χ4v) is 0.975. The molecule has 0 aliphatic carbocycles. The fourth-order valence-electron chi connectivity index (χ4n) is 0.975. The number of aromatic nitrogens is 1. The number of fused-ring (bicyclic) bond motifs is 1. The van der Waals surface area contributed by atoms with Gasteiger partial charge in [-0.3, -0.25) is 11.8 Å². The van der Waals surface area contributed by atoms with Crippen molar-refractivity contribution in [2.75, 3.05) is 0 Å². The van der Waals surface area contributed by atoms with Gasteiger partial charge in [0.25, 0.3) is 0 Å². The minimum Gasteiger partial charge on any atom is -0.511 e. The second kappa shape index (κ2) is 7.43. The Hall–Kier alpha value is -0.866. The first-order chi connectivity index (χ1) is 6.77. The van der Waals surface area contributed by atoms with Gasteiger partial charge in [0.1, 0.15) is 5.75 Å². The standard InChI is InChI=1S/C8H6NO.C2H4NO.Y/c10-7-1-2-8-6(5-7)3-4-9-8;1-3-2-4;/h1-3,5,9-10H;2H,1H2,(H,3,4);/q2*-1;. The first-order valence-electron chi connectivity index (χ1n) is 3.92. The van der Waals surface area contributed by atoms with Crippen molar-refractivity contribution in [3.63, 3.8) is 0 Å². The molecule has 1 amide bonds. The molecule has 4 nitrogen and oxygen atoms in total. The molecule has 1 heterocycles. The van der Waals surface area contributed by atoms with Gasteiger partial charge in [-0.15, -0.1) is 17.8 Å². The Balaban J connectivity index is 0.000000346. The fraction of sp³-hybridized carbons (Fsp3) is 0. The van der Waals surface area contributed by atoms with Crippen LogP contribution in [-0.4, -0.2) is 16.5 Å². The van der Waals surface area contributed by atoms with Gasteiger partial charge in [-0.25, -0.2) is 0 Å². The molecule has 1 radical (unpaired) electrons. The van der Waals surface area contributed by atoms with Gasteiger partial charge in [0.15, 0.2) is 6.41 Å². The van der Waals surface area contributed by atoms with Crippen LogP contribution < -0.4 is 5.32 Å². The molecule has 2 aromatic rings. The minimum absolute atomic E-state index is 0. The van der Waals surface area contributed by atoms with Gasteiger partial charge < -0.3 is 15.4 Å². The van der Waals surface area contributed by atoms with Crippen molar-refractivity contribution in [3.05, 3.63) is 37.5 Å². The summed E-state index contributed by atoms with van der Waals surface area (Å²) in [6.45, 7) is 0. The third-order valence-corrected chi connectivity index (χ3v) is 1.55. The number of hydrogen-bond acceptors (Lipinski definition) is 2. The zero-order valence-corrected chi connectivity index (χ0v) is 10.9. The van der Waals surface area contributed by atoms with Gasteiger partial charge in [0.05, 0.1) is 0 Å². The summed E-state index contributed by atoms with van der Waals surface area (Å²) >= 11 is 0. The number of carbonyl (C=O) groups is 1. The molecule has 2 rings (SSSR count). The monoisotopic (exact) mass is 279 g/mol. The molecule has 5 heteroatoms. The van der Waals surface area contributed by atoms with Crippen molar-refractivity contribution in [1.29, 1.82) is 0 Å². The molecule has 0 aliphatic heterocycles. The van der Waals surface area contributed by atoms with Gasteiger partial charge in [0, 0.05) is 32.7 Å². The summed E-state index contributed by atoms with van der Waals surface area (Å²) in [5.41, 5.74) is 0.998. The minimum atomic E-state index is 0. The number of aromatic amines is 1. The van der Waals surface area contributed by atoms with Crippen molar-refractivity contribution in [1.82, 2.24) is 10.3 Å². The van der Waals surface area contributed by atoms with Crippen LogP contribution in [0.25, 0.3) is 10.9 Å². The first kappa shape index (κ1) is 14.1. The maximum Gasteiger partial charge on any atom is 0.177 e. The molecular formula is C10H10N2O2Y-2. The Morgan fingerprint density at radius 2 is 2.20 bits per heavy atom. The van der Waals surface area contributed by atoms with Crippen molar-refractivity contribution in [2.24, 2.45) is 0 Å². The molecule has 15 heavy (non-hydrogen) atoms. The number of phenolic OH excluding ortho intramolecular Hbond substituents is 1. The Morgan fingerprint density at radius 3 is 2.80 bits per heavy atom. The van der Waals surface area contributed by atoms with E-state index in [4.69, 9.17) is 9.90 Å². The molecular weight excluding hydrogens is 269 g/mol. The summed E-state index contributed by atoms with van der Waals surface area (Å²) in [6, 6.07) is 6.96. The third-order valence-electron chi connectivity index (χ3n) is 1.55. The summed E-state index contributed by atoms with van der Waals surface area (Å²) < 4.78 is 0. The maximum absolute atomic E-state index is 9.02. The maximum atomic E-state index is 9.02. The van der Waals surface area contributed by atoms with Crippen molar-refractivity contribution >= 4 is 17.3 Å². The number of phenols is 1. The van der Waals surface area contributed by atoms with Crippen LogP contribution in [-0.2, 0) is 37.5 Å². The summed E-state index contributed by atoms with van der Waals surface area (Å²) in [5.74, 6) is 0.292. The zero-order valence-electron chi connectivity index (χ0n) is 8.03. The molecule has 1 aromatic carbocycles. The SMILES string of the molecule is Oc1ccc2[nH][c-]cc2c1.[CH2-]NC=O.[Y]. The first-order valence-corrected chi connectivity index (χ1v) is 3.92. The second-order valence-electron chi connectivity index (χ2n) is 2.51. The van der Waals surface area contributed by atoms with E-state index in [1.807, 2.05) is 11.4 Å². The molecule has 0 atom stereocenters. The Bertz CT molecular complexity index is 414. The zero-order chi connectivity index (χ0) is 10.4. The normalized spacial score (nSPS) is 8.33. The van der Waals surface area contributed by atoms with Gasteiger partial charge in [-0.2, -0.15) is 11.5 Å². The van der Waals surface area contributed by atoms with Crippen molar-refractivity contribution in [2.45, 2.75) is 0 Å². The van der Waals surface area contributed by atoms with E-state index in [9.17, 15) is 0 Å². The van der Waals surface area contributed by atoms with Gasteiger partial charge in [-0.05, 0) is 6.07 Å². The predicted molar refractivity (Wildman–Crippen MR) is 53.4 cm³/mol. The summed E-state index contributed by atoms with van der Waals surface area (Å²) in [4.78, 5) is 11.9. The van der Waals surface area contributed by atoms with Crippen LogP contribution in [0.3, 0.4) is 0 Å². The number of carbonyl (C=O) groups excluding carboxylic acids is 1.